The normalized spacial score (nSPS) is 16.5. The highest BCUT2D eigenvalue weighted by atomic mass is 19.4. The van der Waals surface area contributed by atoms with Crippen molar-refractivity contribution in [1.29, 1.82) is 0 Å². The molecule has 1 aliphatic rings. The predicted octanol–water partition coefficient (Wildman–Crippen LogP) is 6.22. The Hall–Kier alpha value is -3.32. The number of aliphatic carboxylic acids is 1. The van der Waals surface area contributed by atoms with Crippen LogP contribution in [0.1, 0.15) is 35.4 Å². The average molecular weight is 470 g/mol. The van der Waals surface area contributed by atoms with Gasteiger partial charge in [-0.1, -0.05) is 54.6 Å². The standard InChI is InChI=1S/C27H26F3NO3/c28-27(29,30)25-16-19(6-11-24(25)21-4-2-1-3-5-21)18-34-23-9-7-20(8-10-23)22-12-14-31(17-22)15-13-26(32)33/h1-11,16,22H,12-15,17-18H2,(H,32,33). The fourth-order valence-corrected chi connectivity index (χ4v) is 4.35. The Balaban J connectivity index is 1.39. The molecule has 0 radical (unpaired) electrons. The Morgan fingerprint density at radius 2 is 1.76 bits per heavy atom. The lowest BCUT2D eigenvalue weighted by molar-refractivity contribution is -0.138. The lowest BCUT2D eigenvalue weighted by Gasteiger charge is -2.16. The molecule has 4 nitrogen and oxygen atoms in total. The molecular weight excluding hydrogens is 443 g/mol. The van der Waals surface area contributed by atoms with Crippen molar-refractivity contribution in [2.45, 2.75) is 31.5 Å². The van der Waals surface area contributed by atoms with E-state index in [1.54, 1.807) is 36.4 Å². The van der Waals surface area contributed by atoms with Crippen LogP contribution in [0.25, 0.3) is 11.1 Å². The number of hydrogen-bond donors (Lipinski definition) is 1. The topological polar surface area (TPSA) is 49.8 Å². The Kier molecular flexibility index (Phi) is 7.22. The molecule has 0 amide bonds. The van der Waals surface area contributed by atoms with Gasteiger partial charge in [-0.3, -0.25) is 4.79 Å². The van der Waals surface area contributed by atoms with Crippen LogP contribution >= 0.6 is 0 Å². The molecule has 1 aliphatic heterocycles. The molecule has 3 aromatic carbocycles. The highest BCUT2D eigenvalue weighted by Crippen LogP contribution is 2.38. The number of carbonyl (C=O) groups is 1. The fourth-order valence-electron chi connectivity index (χ4n) is 4.35. The number of hydrogen-bond acceptors (Lipinski definition) is 3. The van der Waals surface area contributed by atoms with Gasteiger partial charge in [-0.05, 0) is 59.3 Å². The van der Waals surface area contributed by atoms with Crippen molar-refractivity contribution in [3.8, 4) is 16.9 Å². The Morgan fingerprint density at radius 3 is 2.44 bits per heavy atom. The summed E-state index contributed by atoms with van der Waals surface area (Å²) in [6, 6.07) is 20.5. The second-order valence-corrected chi connectivity index (χ2v) is 8.53. The highest BCUT2D eigenvalue weighted by molar-refractivity contribution is 5.68. The largest absolute Gasteiger partial charge is 0.489 e. The quantitative estimate of drug-likeness (QED) is 0.426. The number of halogens is 3. The van der Waals surface area contributed by atoms with Crippen LogP contribution in [0.5, 0.6) is 5.75 Å². The maximum atomic E-state index is 13.7. The van der Waals surface area contributed by atoms with Crippen molar-refractivity contribution in [2.75, 3.05) is 19.6 Å². The van der Waals surface area contributed by atoms with Gasteiger partial charge in [0.2, 0.25) is 0 Å². The molecule has 3 aromatic rings. The number of benzene rings is 3. The molecule has 1 atom stereocenters. The summed E-state index contributed by atoms with van der Waals surface area (Å²) in [7, 11) is 0. The SMILES string of the molecule is O=C(O)CCN1CCC(c2ccc(OCc3ccc(-c4ccccc4)c(C(F)(F)F)c3)cc2)C1. The minimum Gasteiger partial charge on any atom is -0.489 e. The lowest BCUT2D eigenvalue weighted by Crippen LogP contribution is -2.23. The van der Waals surface area contributed by atoms with Crippen molar-refractivity contribution < 1.29 is 27.8 Å². The Morgan fingerprint density at radius 1 is 1.03 bits per heavy atom. The van der Waals surface area contributed by atoms with Gasteiger partial charge < -0.3 is 14.7 Å². The highest BCUT2D eigenvalue weighted by Gasteiger charge is 2.34. The summed E-state index contributed by atoms with van der Waals surface area (Å²) in [6.07, 6.45) is -3.36. The van der Waals surface area contributed by atoms with E-state index in [1.165, 1.54) is 6.07 Å². The van der Waals surface area contributed by atoms with Gasteiger partial charge in [0.25, 0.3) is 0 Å². The van der Waals surface area contributed by atoms with E-state index in [1.807, 2.05) is 24.3 Å². The minimum atomic E-state index is -4.47. The van der Waals surface area contributed by atoms with Gasteiger partial charge >= 0.3 is 12.1 Å². The van der Waals surface area contributed by atoms with Gasteiger partial charge in [-0.15, -0.1) is 0 Å². The third-order valence-electron chi connectivity index (χ3n) is 6.15. The van der Waals surface area contributed by atoms with Crippen LogP contribution in [0.15, 0.2) is 72.8 Å². The lowest BCUT2D eigenvalue weighted by atomic mass is 9.97. The van der Waals surface area contributed by atoms with Crippen molar-refractivity contribution in [3.05, 3.63) is 89.5 Å². The average Bonchev–Trinajstić information content (AvgIpc) is 3.31. The number of likely N-dealkylation sites (tertiary alicyclic amines) is 1. The zero-order chi connectivity index (χ0) is 24.1. The van der Waals surface area contributed by atoms with E-state index in [-0.39, 0.29) is 18.6 Å². The summed E-state index contributed by atoms with van der Waals surface area (Å²) in [5.74, 6) is 0.134. The van der Waals surface area contributed by atoms with Crippen molar-refractivity contribution in [3.63, 3.8) is 0 Å². The van der Waals surface area contributed by atoms with Gasteiger partial charge in [0, 0.05) is 13.1 Å². The van der Waals surface area contributed by atoms with E-state index in [9.17, 15) is 18.0 Å². The molecular formula is C27H26F3NO3. The number of ether oxygens (including phenoxy) is 1. The minimum absolute atomic E-state index is 0.0316. The third-order valence-corrected chi connectivity index (χ3v) is 6.15. The van der Waals surface area contributed by atoms with Crippen LogP contribution in [0, 0.1) is 0 Å². The van der Waals surface area contributed by atoms with Crippen molar-refractivity contribution in [1.82, 2.24) is 4.90 Å². The number of alkyl halides is 3. The number of carboxylic acid groups (broad SMARTS) is 1. The molecule has 0 aromatic heterocycles. The first-order valence-electron chi connectivity index (χ1n) is 11.2. The van der Waals surface area contributed by atoms with Crippen molar-refractivity contribution >= 4 is 5.97 Å². The smallest absolute Gasteiger partial charge is 0.417 e. The fraction of sp³-hybridized carbons (Fsp3) is 0.296. The molecule has 0 spiro atoms. The summed E-state index contributed by atoms with van der Waals surface area (Å²) in [5, 5.41) is 8.84. The molecule has 1 unspecified atom stereocenters. The van der Waals surface area contributed by atoms with E-state index < -0.39 is 17.7 Å². The zero-order valence-electron chi connectivity index (χ0n) is 18.6. The molecule has 1 fully saturated rings. The molecule has 34 heavy (non-hydrogen) atoms. The van der Waals surface area contributed by atoms with E-state index in [0.717, 1.165) is 31.1 Å². The molecule has 0 saturated carbocycles. The predicted molar refractivity (Wildman–Crippen MR) is 124 cm³/mol. The maximum absolute atomic E-state index is 13.7. The molecule has 0 bridgehead atoms. The number of carboxylic acids is 1. The van der Waals surface area contributed by atoms with Crippen LogP contribution in [0.2, 0.25) is 0 Å². The second-order valence-electron chi connectivity index (χ2n) is 8.53. The van der Waals surface area contributed by atoms with Crippen LogP contribution in [0.3, 0.4) is 0 Å². The van der Waals surface area contributed by atoms with E-state index in [0.29, 0.717) is 29.3 Å². The molecule has 1 saturated heterocycles. The van der Waals surface area contributed by atoms with Crippen LogP contribution in [-0.2, 0) is 17.6 Å². The van der Waals surface area contributed by atoms with Gasteiger partial charge in [0.15, 0.2) is 0 Å². The molecule has 0 aliphatic carbocycles. The number of nitrogens with zero attached hydrogens (tertiary/aromatic N) is 1. The van der Waals surface area contributed by atoms with Crippen LogP contribution in [0.4, 0.5) is 13.2 Å². The van der Waals surface area contributed by atoms with E-state index in [2.05, 4.69) is 4.90 Å². The zero-order valence-corrected chi connectivity index (χ0v) is 18.6. The van der Waals surface area contributed by atoms with Gasteiger partial charge in [-0.25, -0.2) is 0 Å². The van der Waals surface area contributed by atoms with Crippen molar-refractivity contribution in [2.24, 2.45) is 0 Å². The first-order chi connectivity index (χ1) is 16.3. The first kappa shape index (κ1) is 23.8. The van der Waals surface area contributed by atoms with Gasteiger partial charge in [0.05, 0.1) is 12.0 Å². The summed E-state index contributed by atoms with van der Waals surface area (Å²) in [5.41, 5.74) is 1.59. The molecule has 178 valence electrons. The summed E-state index contributed by atoms with van der Waals surface area (Å²) < 4.78 is 46.9. The van der Waals surface area contributed by atoms with Gasteiger partial charge in [-0.2, -0.15) is 13.2 Å². The summed E-state index contributed by atoms with van der Waals surface area (Å²) in [4.78, 5) is 12.9. The van der Waals surface area contributed by atoms with Gasteiger partial charge in [0.1, 0.15) is 12.4 Å². The summed E-state index contributed by atoms with van der Waals surface area (Å²) >= 11 is 0. The second kappa shape index (κ2) is 10.3. The number of rotatable bonds is 8. The molecule has 7 heteroatoms. The third kappa shape index (κ3) is 5.97. The Labute approximate surface area is 196 Å². The monoisotopic (exact) mass is 469 g/mol. The van der Waals surface area contributed by atoms with Crippen LogP contribution in [-0.4, -0.2) is 35.6 Å². The van der Waals surface area contributed by atoms with E-state index >= 15 is 0 Å². The van der Waals surface area contributed by atoms with Crippen LogP contribution < -0.4 is 4.74 Å². The summed E-state index contributed by atoms with van der Waals surface area (Å²) in [6.45, 7) is 2.28. The maximum Gasteiger partial charge on any atom is 0.417 e. The van der Waals surface area contributed by atoms with E-state index in [4.69, 9.17) is 9.84 Å². The molecule has 1 N–H and O–H groups in total. The first-order valence-corrected chi connectivity index (χ1v) is 11.2. The molecule has 4 rings (SSSR count). The Bertz CT molecular complexity index is 1110. The molecule has 1 heterocycles.